The highest BCUT2D eigenvalue weighted by Crippen LogP contribution is 2.16. The molecule has 1 aromatic heterocycles. The maximum absolute atomic E-state index is 12.8. The van der Waals surface area contributed by atoms with Crippen molar-refractivity contribution in [1.82, 2.24) is 14.8 Å². The van der Waals surface area contributed by atoms with Crippen molar-refractivity contribution in [2.24, 2.45) is 0 Å². The number of H-pyrrole nitrogens is 1. The Balaban J connectivity index is 0.00000225. The minimum atomic E-state index is -0.133. The van der Waals surface area contributed by atoms with E-state index in [4.69, 9.17) is 0 Å². The molecule has 1 fully saturated rings. The van der Waals surface area contributed by atoms with E-state index in [0.717, 1.165) is 43.6 Å². The van der Waals surface area contributed by atoms with Gasteiger partial charge in [-0.25, -0.2) is 0 Å². The minimum Gasteiger partial charge on any atom is -0.336 e. The van der Waals surface area contributed by atoms with Crippen molar-refractivity contribution in [2.45, 2.75) is 13.5 Å². The SMILES string of the molecule is Cc1ccc(CN2CCN(C(=O)c3ccc4[nH]c(=O)ccc4c3)CC2)cc1.Cl. The molecule has 1 saturated heterocycles. The summed E-state index contributed by atoms with van der Waals surface area (Å²) >= 11 is 0. The molecule has 3 aromatic rings. The molecule has 1 amide bonds. The van der Waals surface area contributed by atoms with Gasteiger partial charge >= 0.3 is 0 Å². The van der Waals surface area contributed by atoms with Gasteiger partial charge in [0.1, 0.15) is 0 Å². The number of aryl methyl sites for hydroxylation is 1. The first-order chi connectivity index (χ1) is 13.1. The van der Waals surface area contributed by atoms with Crippen LogP contribution >= 0.6 is 12.4 Å². The van der Waals surface area contributed by atoms with Crippen LogP contribution < -0.4 is 5.56 Å². The van der Waals surface area contributed by atoms with Crippen LogP contribution in [0.1, 0.15) is 21.5 Å². The van der Waals surface area contributed by atoms with Crippen LogP contribution in [0.3, 0.4) is 0 Å². The predicted molar refractivity (Wildman–Crippen MR) is 114 cm³/mol. The van der Waals surface area contributed by atoms with Crippen molar-refractivity contribution in [3.63, 3.8) is 0 Å². The maximum Gasteiger partial charge on any atom is 0.253 e. The molecular weight excluding hydrogens is 374 g/mol. The summed E-state index contributed by atoms with van der Waals surface area (Å²) in [6.45, 7) is 6.23. The number of carbonyl (C=O) groups is 1. The van der Waals surface area contributed by atoms with E-state index < -0.39 is 0 Å². The number of aromatic amines is 1. The zero-order chi connectivity index (χ0) is 18.8. The van der Waals surface area contributed by atoms with Crippen LogP contribution in [-0.2, 0) is 6.54 Å². The van der Waals surface area contributed by atoms with Crippen LogP contribution in [0.15, 0.2) is 59.4 Å². The summed E-state index contributed by atoms with van der Waals surface area (Å²) in [6, 6.07) is 17.3. The molecule has 0 aliphatic carbocycles. The fraction of sp³-hybridized carbons (Fsp3) is 0.273. The lowest BCUT2D eigenvalue weighted by Crippen LogP contribution is -2.48. The van der Waals surface area contributed by atoms with Crippen LogP contribution in [0.2, 0.25) is 0 Å². The Morgan fingerprint density at radius 2 is 1.68 bits per heavy atom. The number of hydrogen-bond donors (Lipinski definition) is 1. The number of piperazine rings is 1. The number of fused-ring (bicyclic) bond motifs is 1. The summed E-state index contributed by atoms with van der Waals surface area (Å²) in [5.41, 5.74) is 3.87. The summed E-state index contributed by atoms with van der Waals surface area (Å²) in [6.07, 6.45) is 0. The van der Waals surface area contributed by atoms with Crippen molar-refractivity contribution in [3.05, 3.63) is 81.6 Å². The van der Waals surface area contributed by atoms with Gasteiger partial charge in [-0.2, -0.15) is 0 Å². The number of nitrogens with zero attached hydrogens (tertiary/aromatic N) is 2. The normalized spacial score (nSPS) is 14.7. The molecule has 0 atom stereocenters. The standard InChI is InChI=1S/C22H23N3O2.ClH/c1-16-2-4-17(5-3-16)15-24-10-12-25(13-11-24)22(27)19-6-8-20-18(14-19)7-9-21(26)23-20;/h2-9,14H,10-13,15H2,1H3,(H,23,26);1H. The molecule has 146 valence electrons. The van der Waals surface area contributed by atoms with Crippen LogP contribution in [0.5, 0.6) is 0 Å². The van der Waals surface area contributed by atoms with Crippen LogP contribution in [0, 0.1) is 6.92 Å². The number of halogens is 1. The molecule has 0 bridgehead atoms. The Bertz CT molecular complexity index is 1020. The van der Waals surface area contributed by atoms with Gasteiger partial charge in [0.25, 0.3) is 5.91 Å². The zero-order valence-electron chi connectivity index (χ0n) is 15.9. The first kappa shape index (κ1) is 20.1. The number of aromatic nitrogens is 1. The van der Waals surface area contributed by atoms with E-state index in [1.807, 2.05) is 11.0 Å². The second-order valence-electron chi connectivity index (χ2n) is 7.18. The Morgan fingerprint density at radius 3 is 2.39 bits per heavy atom. The summed E-state index contributed by atoms with van der Waals surface area (Å²) < 4.78 is 0. The zero-order valence-corrected chi connectivity index (χ0v) is 16.7. The Morgan fingerprint density at radius 1 is 0.964 bits per heavy atom. The van der Waals surface area contributed by atoms with E-state index in [1.54, 1.807) is 18.2 Å². The first-order valence-corrected chi connectivity index (χ1v) is 9.29. The van der Waals surface area contributed by atoms with Crippen LogP contribution in [0.4, 0.5) is 0 Å². The predicted octanol–water partition coefficient (Wildman–Crippen LogP) is 3.22. The molecule has 2 heterocycles. The molecule has 0 saturated carbocycles. The molecule has 4 rings (SSSR count). The van der Waals surface area contributed by atoms with Crippen LogP contribution in [0.25, 0.3) is 10.9 Å². The lowest BCUT2D eigenvalue weighted by Gasteiger charge is -2.34. The molecule has 28 heavy (non-hydrogen) atoms. The van der Waals surface area contributed by atoms with Gasteiger partial charge in [0, 0.05) is 49.9 Å². The van der Waals surface area contributed by atoms with Crippen LogP contribution in [-0.4, -0.2) is 46.9 Å². The average molecular weight is 398 g/mol. The van der Waals surface area contributed by atoms with Crippen molar-refractivity contribution < 1.29 is 4.79 Å². The number of rotatable bonds is 3. The Hall–Kier alpha value is -2.63. The molecule has 1 N–H and O–H groups in total. The van der Waals surface area contributed by atoms with Gasteiger partial charge in [0.05, 0.1) is 0 Å². The lowest BCUT2D eigenvalue weighted by molar-refractivity contribution is 0.0628. The number of carbonyl (C=O) groups excluding carboxylic acids is 1. The number of amides is 1. The molecule has 0 unspecified atom stereocenters. The topological polar surface area (TPSA) is 56.4 Å². The average Bonchev–Trinajstić information content (AvgIpc) is 2.69. The summed E-state index contributed by atoms with van der Waals surface area (Å²) in [7, 11) is 0. The van der Waals surface area contributed by atoms with E-state index >= 15 is 0 Å². The van der Waals surface area contributed by atoms with E-state index in [9.17, 15) is 9.59 Å². The molecule has 1 aliphatic heterocycles. The molecule has 6 heteroatoms. The van der Waals surface area contributed by atoms with Crippen molar-refractivity contribution in [2.75, 3.05) is 26.2 Å². The largest absolute Gasteiger partial charge is 0.336 e. The molecule has 1 aliphatic rings. The molecular formula is C22H24ClN3O2. The van der Waals surface area contributed by atoms with Gasteiger partial charge in [0.15, 0.2) is 0 Å². The fourth-order valence-electron chi connectivity index (χ4n) is 3.53. The summed E-state index contributed by atoms with van der Waals surface area (Å²) in [5, 5.41) is 0.874. The maximum atomic E-state index is 12.8. The van der Waals surface area contributed by atoms with Gasteiger partial charge in [-0.1, -0.05) is 29.8 Å². The molecule has 2 aromatic carbocycles. The Kier molecular flexibility index (Phi) is 6.17. The van der Waals surface area contributed by atoms with E-state index in [-0.39, 0.29) is 23.9 Å². The third-order valence-electron chi connectivity index (χ3n) is 5.16. The van der Waals surface area contributed by atoms with Gasteiger partial charge in [0.2, 0.25) is 5.56 Å². The van der Waals surface area contributed by atoms with Gasteiger partial charge in [-0.05, 0) is 42.1 Å². The second-order valence-corrected chi connectivity index (χ2v) is 7.18. The first-order valence-electron chi connectivity index (χ1n) is 9.29. The highest BCUT2D eigenvalue weighted by molar-refractivity contribution is 5.98. The third-order valence-corrected chi connectivity index (χ3v) is 5.16. The molecule has 0 radical (unpaired) electrons. The minimum absolute atomic E-state index is 0. The monoisotopic (exact) mass is 397 g/mol. The number of nitrogens with one attached hydrogen (secondary N) is 1. The second kappa shape index (κ2) is 8.59. The van der Waals surface area contributed by atoms with Crippen molar-refractivity contribution >= 4 is 29.2 Å². The van der Waals surface area contributed by atoms with E-state index in [1.165, 1.54) is 17.2 Å². The molecule has 5 nitrogen and oxygen atoms in total. The van der Waals surface area contributed by atoms with Gasteiger partial charge in [-0.3, -0.25) is 14.5 Å². The summed E-state index contributed by atoms with van der Waals surface area (Å²) in [5.74, 6) is 0.0538. The van der Waals surface area contributed by atoms with Gasteiger partial charge in [-0.15, -0.1) is 12.4 Å². The number of pyridine rings is 1. The highest BCUT2D eigenvalue weighted by Gasteiger charge is 2.22. The Labute approximate surface area is 170 Å². The van der Waals surface area contributed by atoms with E-state index in [0.29, 0.717) is 5.56 Å². The third kappa shape index (κ3) is 4.43. The highest BCUT2D eigenvalue weighted by atomic mass is 35.5. The smallest absolute Gasteiger partial charge is 0.253 e. The fourth-order valence-corrected chi connectivity index (χ4v) is 3.53. The lowest BCUT2D eigenvalue weighted by atomic mass is 10.1. The van der Waals surface area contributed by atoms with Gasteiger partial charge < -0.3 is 9.88 Å². The van der Waals surface area contributed by atoms with E-state index in [2.05, 4.69) is 41.1 Å². The van der Waals surface area contributed by atoms with Crippen molar-refractivity contribution in [3.8, 4) is 0 Å². The van der Waals surface area contributed by atoms with Crippen molar-refractivity contribution in [1.29, 1.82) is 0 Å². The summed E-state index contributed by atoms with van der Waals surface area (Å²) in [4.78, 5) is 31.3. The molecule has 0 spiro atoms. The quantitative estimate of drug-likeness (QED) is 0.738. The number of hydrogen-bond acceptors (Lipinski definition) is 3. The number of benzene rings is 2.